The topological polar surface area (TPSA) is 61.1 Å². The van der Waals surface area contributed by atoms with Gasteiger partial charge in [-0.3, -0.25) is 4.68 Å². The van der Waals surface area contributed by atoms with Crippen LogP contribution in [0.15, 0.2) is 36.8 Å². The first-order valence-corrected chi connectivity index (χ1v) is 9.45. The number of hydrogen-bond acceptors (Lipinski definition) is 3. The van der Waals surface area contributed by atoms with Gasteiger partial charge in [0.2, 0.25) is 0 Å². The lowest BCUT2D eigenvalue weighted by Gasteiger charge is -2.44. The average molecular weight is 379 g/mol. The molecule has 3 aromatic heterocycles. The van der Waals surface area contributed by atoms with Crippen LogP contribution < -0.4 is 5.73 Å². The maximum atomic E-state index is 14.8. The summed E-state index contributed by atoms with van der Waals surface area (Å²) in [5.74, 6) is -0.832. The average Bonchev–Trinajstić information content (AvgIpc) is 3.34. The summed E-state index contributed by atoms with van der Waals surface area (Å²) in [6, 6.07) is 4.65. The Hall–Kier alpha value is -2.80. The fourth-order valence-corrected chi connectivity index (χ4v) is 5.30. The molecule has 0 radical (unpaired) electrons. The molecule has 3 fully saturated rings. The van der Waals surface area contributed by atoms with Gasteiger partial charge in [-0.25, -0.2) is 13.8 Å². The van der Waals surface area contributed by atoms with E-state index in [9.17, 15) is 8.78 Å². The highest BCUT2D eigenvalue weighted by atomic mass is 19.1. The molecule has 0 saturated heterocycles. The third kappa shape index (κ3) is 2.08. The Balaban J connectivity index is 1.48. The molecule has 1 aromatic carbocycles. The van der Waals surface area contributed by atoms with Gasteiger partial charge >= 0.3 is 0 Å². The standard InChI is InChI=1S/C21H19F2N5/c1-27-7-14-4-12(5-15(22)18(14)26-27)13-6-16(23)19-25-17(9-28(19)8-13)20-2-3-21(24,10-20)11-20/h4-9H,2-3,10-11,24H2,1H3. The molecule has 3 saturated carbocycles. The van der Waals surface area contributed by atoms with Crippen LogP contribution >= 0.6 is 0 Å². The van der Waals surface area contributed by atoms with Gasteiger partial charge in [-0.2, -0.15) is 5.10 Å². The number of nitrogens with zero attached hydrogens (tertiary/aromatic N) is 4. The van der Waals surface area contributed by atoms with E-state index in [0.29, 0.717) is 27.7 Å². The molecular formula is C21H19F2N5. The number of aryl methyl sites for hydroxylation is 1. The van der Waals surface area contributed by atoms with Gasteiger partial charge in [-0.05, 0) is 49.4 Å². The molecular weight excluding hydrogens is 360 g/mol. The van der Waals surface area contributed by atoms with Crippen LogP contribution in [0.2, 0.25) is 0 Å². The van der Waals surface area contributed by atoms with Crippen molar-refractivity contribution in [2.75, 3.05) is 0 Å². The second-order valence-electron chi connectivity index (χ2n) is 8.63. The fourth-order valence-electron chi connectivity index (χ4n) is 5.30. The minimum absolute atomic E-state index is 0.00585. The number of fused-ring (bicyclic) bond motifs is 3. The molecule has 4 aromatic rings. The zero-order chi connectivity index (χ0) is 19.3. The third-order valence-corrected chi connectivity index (χ3v) is 6.54. The number of benzene rings is 1. The van der Waals surface area contributed by atoms with Gasteiger partial charge in [0.05, 0.1) is 5.69 Å². The van der Waals surface area contributed by atoms with E-state index in [0.717, 1.165) is 31.4 Å². The quantitative estimate of drug-likeness (QED) is 0.578. The van der Waals surface area contributed by atoms with Crippen molar-refractivity contribution >= 4 is 16.6 Å². The number of hydrogen-bond donors (Lipinski definition) is 1. The SMILES string of the molecule is Cn1cc2cc(-c3cc(F)c4nc(C56CCC(N)(C5)C6)cn4c3)cc(F)c2n1. The van der Waals surface area contributed by atoms with Crippen LogP contribution in [-0.2, 0) is 12.5 Å². The largest absolute Gasteiger partial charge is 0.325 e. The van der Waals surface area contributed by atoms with Crippen LogP contribution in [0, 0.1) is 11.6 Å². The number of rotatable bonds is 2. The van der Waals surface area contributed by atoms with E-state index in [1.807, 2.05) is 18.5 Å². The minimum Gasteiger partial charge on any atom is -0.325 e. The summed E-state index contributed by atoms with van der Waals surface area (Å²) in [7, 11) is 1.75. The molecule has 0 aliphatic heterocycles. The second-order valence-corrected chi connectivity index (χ2v) is 8.63. The summed E-state index contributed by atoms with van der Waals surface area (Å²) in [5.41, 5.74) is 8.98. The molecule has 5 nitrogen and oxygen atoms in total. The number of nitrogens with two attached hydrogens (primary N) is 1. The van der Waals surface area contributed by atoms with Crippen LogP contribution in [-0.4, -0.2) is 24.7 Å². The number of aromatic nitrogens is 4. The van der Waals surface area contributed by atoms with Crippen LogP contribution in [0.4, 0.5) is 8.78 Å². The highest BCUT2D eigenvalue weighted by molar-refractivity contribution is 5.84. The first kappa shape index (κ1) is 16.2. The molecule has 0 unspecified atom stereocenters. The highest BCUT2D eigenvalue weighted by Crippen LogP contribution is 2.60. The van der Waals surface area contributed by atoms with E-state index in [-0.39, 0.29) is 11.0 Å². The van der Waals surface area contributed by atoms with Gasteiger partial charge in [-0.15, -0.1) is 0 Å². The van der Waals surface area contributed by atoms with Gasteiger partial charge in [0.15, 0.2) is 17.3 Å². The summed E-state index contributed by atoms with van der Waals surface area (Å²) in [5, 5.41) is 4.81. The lowest BCUT2D eigenvalue weighted by molar-refractivity contribution is 0.195. The Kier molecular flexibility index (Phi) is 2.87. The summed E-state index contributed by atoms with van der Waals surface area (Å²) >= 11 is 0. The van der Waals surface area contributed by atoms with Crippen molar-refractivity contribution in [2.24, 2.45) is 12.8 Å². The van der Waals surface area contributed by atoms with Crippen molar-refractivity contribution in [1.29, 1.82) is 0 Å². The molecule has 7 heteroatoms. The van der Waals surface area contributed by atoms with E-state index >= 15 is 0 Å². The third-order valence-electron chi connectivity index (χ3n) is 6.54. The van der Waals surface area contributed by atoms with Crippen molar-refractivity contribution in [1.82, 2.24) is 19.2 Å². The Morgan fingerprint density at radius 2 is 1.79 bits per heavy atom. The molecule has 3 aliphatic carbocycles. The van der Waals surface area contributed by atoms with Gasteiger partial charge in [0.25, 0.3) is 0 Å². The molecule has 2 bridgehead atoms. The molecule has 2 N–H and O–H groups in total. The predicted molar refractivity (Wildman–Crippen MR) is 102 cm³/mol. The van der Waals surface area contributed by atoms with Crippen molar-refractivity contribution in [3.05, 3.63) is 54.1 Å². The smallest absolute Gasteiger partial charge is 0.173 e. The monoisotopic (exact) mass is 379 g/mol. The predicted octanol–water partition coefficient (Wildman–Crippen LogP) is 3.69. The van der Waals surface area contributed by atoms with E-state index < -0.39 is 11.6 Å². The highest BCUT2D eigenvalue weighted by Gasteiger charge is 2.60. The Morgan fingerprint density at radius 1 is 1.00 bits per heavy atom. The second kappa shape index (κ2) is 4.97. The molecule has 0 amide bonds. The molecule has 7 rings (SSSR count). The molecule has 3 aliphatic rings. The van der Waals surface area contributed by atoms with Gasteiger partial charge in [0.1, 0.15) is 5.52 Å². The van der Waals surface area contributed by atoms with Crippen LogP contribution in [0.1, 0.15) is 31.4 Å². The molecule has 142 valence electrons. The Bertz CT molecular complexity index is 1280. The van der Waals surface area contributed by atoms with Crippen molar-refractivity contribution in [3.8, 4) is 11.1 Å². The maximum absolute atomic E-state index is 14.8. The summed E-state index contributed by atoms with van der Waals surface area (Å²) in [6.45, 7) is 0. The number of halogens is 2. The van der Waals surface area contributed by atoms with Gasteiger partial charge in [-0.1, -0.05) is 0 Å². The molecule has 28 heavy (non-hydrogen) atoms. The van der Waals surface area contributed by atoms with E-state index in [4.69, 9.17) is 5.73 Å². The van der Waals surface area contributed by atoms with Crippen molar-refractivity contribution in [3.63, 3.8) is 0 Å². The zero-order valence-corrected chi connectivity index (χ0v) is 15.4. The molecule has 0 spiro atoms. The van der Waals surface area contributed by atoms with E-state index in [1.54, 1.807) is 22.3 Å². The summed E-state index contributed by atoms with van der Waals surface area (Å²) < 4.78 is 32.6. The lowest BCUT2D eigenvalue weighted by Crippen LogP contribution is -2.52. The number of pyridine rings is 1. The maximum Gasteiger partial charge on any atom is 0.173 e. The fraction of sp³-hybridized carbons (Fsp3) is 0.333. The Labute approximate surface area is 159 Å². The van der Waals surface area contributed by atoms with Crippen molar-refractivity contribution < 1.29 is 8.78 Å². The minimum atomic E-state index is -0.418. The zero-order valence-electron chi connectivity index (χ0n) is 15.4. The molecule has 3 heterocycles. The van der Waals surface area contributed by atoms with Crippen LogP contribution in [0.5, 0.6) is 0 Å². The normalized spacial score (nSPS) is 26.3. The first-order chi connectivity index (χ1) is 13.3. The van der Waals surface area contributed by atoms with Gasteiger partial charge < -0.3 is 10.1 Å². The summed E-state index contributed by atoms with van der Waals surface area (Å²) in [4.78, 5) is 4.59. The number of imidazole rings is 1. The Morgan fingerprint density at radius 3 is 2.54 bits per heavy atom. The lowest BCUT2D eigenvalue weighted by atomic mass is 9.64. The first-order valence-electron chi connectivity index (χ1n) is 9.45. The van der Waals surface area contributed by atoms with Gasteiger partial charge in [0, 0.05) is 47.5 Å². The van der Waals surface area contributed by atoms with Crippen LogP contribution in [0.25, 0.3) is 27.7 Å². The van der Waals surface area contributed by atoms with Crippen molar-refractivity contribution in [2.45, 2.75) is 36.6 Å². The van der Waals surface area contributed by atoms with E-state index in [2.05, 4.69) is 10.1 Å². The van der Waals surface area contributed by atoms with Crippen LogP contribution in [0.3, 0.4) is 0 Å². The summed E-state index contributed by atoms with van der Waals surface area (Å²) in [6.07, 6.45) is 9.31. The molecule has 0 atom stereocenters. The van der Waals surface area contributed by atoms with E-state index in [1.165, 1.54) is 12.1 Å².